The lowest BCUT2D eigenvalue weighted by atomic mass is 10.2. The molecule has 2 atom stereocenters. The smallest absolute Gasteiger partial charge is 0.276 e. The van der Waals surface area contributed by atoms with Crippen LogP contribution in [0.3, 0.4) is 0 Å². The average Bonchev–Trinajstić information content (AvgIpc) is 3.08. The van der Waals surface area contributed by atoms with Crippen LogP contribution in [0.4, 0.5) is 0 Å². The maximum absolute atomic E-state index is 12.3. The van der Waals surface area contributed by atoms with Crippen LogP contribution in [0, 0.1) is 0 Å². The van der Waals surface area contributed by atoms with Gasteiger partial charge in [0, 0.05) is 16.6 Å². The summed E-state index contributed by atoms with van der Waals surface area (Å²) >= 11 is 4.92. The van der Waals surface area contributed by atoms with Crippen LogP contribution in [0.25, 0.3) is 0 Å². The van der Waals surface area contributed by atoms with E-state index in [1.165, 1.54) is 0 Å². The number of amides is 3. The molecular weight excluding hydrogens is 410 g/mol. The van der Waals surface area contributed by atoms with Gasteiger partial charge in [-0.15, -0.1) is 11.8 Å². The van der Waals surface area contributed by atoms with Gasteiger partial charge in [-0.25, -0.2) is 0 Å². The van der Waals surface area contributed by atoms with E-state index in [4.69, 9.17) is 4.74 Å². The summed E-state index contributed by atoms with van der Waals surface area (Å²) in [7, 11) is 0. The fourth-order valence-corrected chi connectivity index (χ4v) is 4.64. The van der Waals surface area contributed by atoms with Crippen molar-refractivity contribution < 1.29 is 19.1 Å². The lowest BCUT2D eigenvalue weighted by molar-refractivity contribution is -0.139. The second-order valence-electron chi connectivity index (χ2n) is 6.05. The third-order valence-corrected chi connectivity index (χ3v) is 6.29. The van der Waals surface area contributed by atoms with Crippen molar-refractivity contribution in [3.05, 3.63) is 28.7 Å². The van der Waals surface area contributed by atoms with Gasteiger partial charge in [0.1, 0.15) is 11.8 Å². The van der Waals surface area contributed by atoms with Gasteiger partial charge < -0.3 is 9.64 Å². The summed E-state index contributed by atoms with van der Waals surface area (Å²) in [5.41, 5.74) is 4.72. The maximum Gasteiger partial charge on any atom is 0.276 e. The third kappa shape index (κ3) is 3.92. The first kappa shape index (κ1) is 18.1. The molecule has 3 amide bonds. The lowest BCUT2D eigenvalue weighted by Gasteiger charge is -2.29. The zero-order valence-corrected chi connectivity index (χ0v) is 16.0. The number of carbonyl (C=O) groups is 3. The van der Waals surface area contributed by atoms with Crippen molar-refractivity contribution in [3.63, 3.8) is 0 Å². The molecule has 9 heteroatoms. The first-order valence-corrected chi connectivity index (χ1v) is 9.60. The number of nitrogens with one attached hydrogen (secondary N) is 2. The van der Waals surface area contributed by atoms with Gasteiger partial charge in [0.15, 0.2) is 6.61 Å². The van der Waals surface area contributed by atoms with E-state index in [1.807, 2.05) is 6.92 Å². The molecule has 25 heavy (non-hydrogen) atoms. The quantitative estimate of drug-likeness (QED) is 0.709. The molecule has 0 spiro atoms. The Balaban J connectivity index is 1.46. The van der Waals surface area contributed by atoms with Crippen LogP contribution in [-0.2, 0) is 14.4 Å². The summed E-state index contributed by atoms with van der Waals surface area (Å²) in [6.07, 6.45) is 1.20. The summed E-state index contributed by atoms with van der Waals surface area (Å²) in [5, 5.41) is 0. The Bertz CT molecular complexity index is 699. The molecule has 0 aromatic heterocycles. The highest BCUT2D eigenvalue weighted by atomic mass is 79.9. The van der Waals surface area contributed by atoms with Crippen LogP contribution in [0.15, 0.2) is 28.7 Å². The fraction of sp³-hybridized carbons (Fsp3) is 0.438. The van der Waals surface area contributed by atoms with E-state index in [-0.39, 0.29) is 23.3 Å². The summed E-state index contributed by atoms with van der Waals surface area (Å²) in [6.45, 7) is 1.75. The number of halogens is 1. The van der Waals surface area contributed by atoms with Crippen molar-refractivity contribution in [1.29, 1.82) is 0 Å². The standard InChI is InChI=1S/C16H18BrN3O4S/c1-16-7-6-14(22)20(16)12(9-25-16)15(23)19-18-13(21)8-24-11-4-2-10(17)3-5-11/h2-5,12H,6-9H2,1H3,(H,18,21)(H,19,23)/t12-,16-/m1/s1. The van der Waals surface area contributed by atoms with Gasteiger partial charge in [-0.2, -0.15) is 0 Å². The molecule has 134 valence electrons. The Morgan fingerprint density at radius 3 is 2.80 bits per heavy atom. The summed E-state index contributed by atoms with van der Waals surface area (Å²) in [4.78, 5) is 37.5. The topological polar surface area (TPSA) is 87.7 Å². The van der Waals surface area contributed by atoms with E-state index in [2.05, 4.69) is 26.8 Å². The number of thioether (sulfide) groups is 1. The fourth-order valence-electron chi connectivity index (χ4n) is 2.95. The highest BCUT2D eigenvalue weighted by Gasteiger charge is 2.52. The minimum atomic E-state index is -0.558. The molecular formula is C16H18BrN3O4S. The molecule has 1 aromatic carbocycles. The van der Waals surface area contributed by atoms with Crippen molar-refractivity contribution in [3.8, 4) is 5.75 Å². The van der Waals surface area contributed by atoms with Gasteiger partial charge in [0.2, 0.25) is 5.91 Å². The molecule has 7 nitrogen and oxygen atoms in total. The molecule has 2 aliphatic rings. The number of ether oxygens (including phenoxy) is 1. The van der Waals surface area contributed by atoms with Crippen molar-refractivity contribution in [2.75, 3.05) is 12.4 Å². The number of hydrogen-bond donors (Lipinski definition) is 2. The van der Waals surface area contributed by atoms with Crippen molar-refractivity contribution in [2.24, 2.45) is 0 Å². The second-order valence-corrected chi connectivity index (χ2v) is 8.46. The Labute approximate surface area is 157 Å². The number of carbonyl (C=O) groups excluding carboxylic acids is 3. The van der Waals surface area contributed by atoms with E-state index >= 15 is 0 Å². The first-order chi connectivity index (χ1) is 11.9. The van der Waals surface area contributed by atoms with E-state index in [0.717, 1.165) is 10.9 Å². The first-order valence-electron chi connectivity index (χ1n) is 7.82. The minimum absolute atomic E-state index is 0.0162. The number of hydrazine groups is 1. The molecule has 2 fully saturated rings. The number of rotatable bonds is 4. The monoisotopic (exact) mass is 427 g/mol. The van der Waals surface area contributed by atoms with Gasteiger partial charge in [-0.3, -0.25) is 25.2 Å². The van der Waals surface area contributed by atoms with Crippen LogP contribution in [0.1, 0.15) is 19.8 Å². The van der Waals surface area contributed by atoms with Crippen molar-refractivity contribution >= 4 is 45.4 Å². The van der Waals surface area contributed by atoms with Gasteiger partial charge >= 0.3 is 0 Å². The minimum Gasteiger partial charge on any atom is -0.484 e. The Morgan fingerprint density at radius 2 is 2.08 bits per heavy atom. The molecule has 0 aliphatic carbocycles. The maximum atomic E-state index is 12.3. The Morgan fingerprint density at radius 1 is 1.36 bits per heavy atom. The van der Waals surface area contributed by atoms with Crippen LogP contribution in [-0.4, -0.2) is 45.9 Å². The van der Waals surface area contributed by atoms with E-state index < -0.39 is 11.9 Å². The molecule has 0 radical (unpaired) electrons. The van der Waals surface area contributed by atoms with Crippen LogP contribution in [0.2, 0.25) is 0 Å². The van der Waals surface area contributed by atoms with Gasteiger partial charge in [0.05, 0.1) is 4.87 Å². The predicted octanol–water partition coefficient (Wildman–Crippen LogP) is 1.43. The number of benzene rings is 1. The highest BCUT2D eigenvalue weighted by Crippen LogP contribution is 2.47. The zero-order chi connectivity index (χ0) is 18.0. The van der Waals surface area contributed by atoms with Gasteiger partial charge in [-0.1, -0.05) is 15.9 Å². The molecule has 3 rings (SSSR count). The van der Waals surface area contributed by atoms with Crippen LogP contribution in [0.5, 0.6) is 5.75 Å². The normalized spacial score (nSPS) is 24.8. The Kier molecular flexibility index (Phi) is 5.24. The highest BCUT2D eigenvalue weighted by molar-refractivity contribution is 9.10. The molecule has 1 aromatic rings. The van der Waals surface area contributed by atoms with E-state index in [1.54, 1.807) is 40.9 Å². The summed E-state index contributed by atoms with van der Waals surface area (Å²) < 4.78 is 6.24. The number of nitrogens with zero attached hydrogens (tertiary/aromatic N) is 1. The molecule has 0 bridgehead atoms. The number of fused-ring (bicyclic) bond motifs is 1. The summed E-state index contributed by atoms with van der Waals surface area (Å²) in [5.74, 6) is 0.202. The summed E-state index contributed by atoms with van der Waals surface area (Å²) in [6, 6.07) is 6.50. The third-order valence-electron chi connectivity index (χ3n) is 4.26. The van der Waals surface area contributed by atoms with Gasteiger partial charge in [0.25, 0.3) is 11.8 Å². The SMILES string of the molecule is C[C@@]12CCC(=O)N1[C@@H](C(=O)NNC(=O)COc1ccc(Br)cc1)CS2. The second kappa shape index (κ2) is 7.25. The van der Waals surface area contributed by atoms with Crippen molar-refractivity contribution in [1.82, 2.24) is 15.8 Å². The van der Waals surface area contributed by atoms with Crippen LogP contribution < -0.4 is 15.6 Å². The number of hydrogen-bond acceptors (Lipinski definition) is 5. The van der Waals surface area contributed by atoms with E-state index in [0.29, 0.717) is 17.9 Å². The molecule has 2 N–H and O–H groups in total. The zero-order valence-electron chi connectivity index (χ0n) is 13.6. The lowest BCUT2D eigenvalue weighted by Crippen LogP contribution is -2.54. The Hall–Kier alpha value is -1.74. The molecule has 2 heterocycles. The molecule has 2 saturated heterocycles. The molecule has 0 saturated carbocycles. The van der Waals surface area contributed by atoms with Crippen LogP contribution >= 0.6 is 27.7 Å². The largest absolute Gasteiger partial charge is 0.484 e. The average molecular weight is 428 g/mol. The van der Waals surface area contributed by atoms with Crippen molar-refractivity contribution in [2.45, 2.75) is 30.7 Å². The van der Waals surface area contributed by atoms with Gasteiger partial charge in [-0.05, 0) is 37.6 Å². The predicted molar refractivity (Wildman–Crippen MR) is 96.7 cm³/mol. The molecule has 2 aliphatic heterocycles. The van der Waals surface area contributed by atoms with E-state index in [9.17, 15) is 14.4 Å². The molecule has 0 unspecified atom stereocenters.